The zero-order valence-electron chi connectivity index (χ0n) is 12.4. The van der Waals surface area contributed by atoms with Crippen LogP contribution in [0.2, 0.25) is 0 Å². The monoisotopic (exact) mass is 316 g/mol. The first-order chi connectivity index (χ1) is 9.67. The number of anilines is 2. The van der Waals surface area contributed by atoms with Crippen LogP contribution in [0.1, 0.15) is 27.2 Å². The lowest BCUT2D eigenvalue weighted by Gasteiger charge is -2.16. The number of nitrogens with two attached hydrogens (primary N) is 1. The van der Waals surface area contributed by atoms with Crippen LogP contribution in [0.15, 0.2) is 18.2 Å². The van der Waals surface area contributed by atoms with Crippen molar-refractivity contribution >= 4 is 27.1 Å². The van der Waals surface area contributed by atoms with Gasteiger partial charge in [-0.05, 0) is 31.0 Å². The summed E-state index contributed by atoms with van der Waals surface area (Å²) in [6.45, 7) is 5.06. The zero-order chi connectivity index (χ0) is 16.2. The maximum absolute atomic E-state index is 13.0. The van der Waals surface area contributed by atoms with Gasteiger partial charge in [-0.15, -0.1) is 0 Å². The van der Waals surface area contributed by atoms with Crippen molar-refractivity contribution in [1.82, 2.24) is 0 Å². The van der Waals surface area contributed by atoms with E-state index >= 15 is 0 Å². The standard InChI is InChI=1S/C14H21FN2O3S/c1-4-9(2)8-21(19,20)10(3)14(18)17-11-5-6-12(15)13(16)7-11/h5-7,9-10H,4,8,16H2,1-3H3,(H,17,18). The van der Waals surface area contributed by atoms with Crippen molar-refractivity contribution in [3.05, 3.63) is 24.0 Å². The molecule has 7 heteroatoms. The van der Waals surface area contributed by atoms with E-state index in [1.807, 2.05) is 13.8 Å². The highest BCUT2D eigenvalue weighted by Gasteiger charge is 2.29. The van der Waals surface area contributed by atoms with Crippen LogP contribution in [-0.2, 0) is 14.6 Å². The Kier molecular flexibility index (Phi) is 5.71. The summed E-state index contributed by atoms with van der Waals surface area (Å²) in [7, 11) is -3.53. The van der Waals surface area contributed by atoms with Gasteiger partial charge < -0.3 is 11.1 Å². The second-order valence-corrected chi connectivity index (χ2v) is 7.58. The lowest BCUT2D eigenvalue weighted by molar-refractivity contribution is -0.115. The van der Waals surface area contributed by atoms with E-state index in [0.29, 0.717) is 0 Å². The van der Waals surface area contributed by atoms with Crippen molar-refractivity contribution in [2.24, 2.45) is 5.92 Å². The largest absolute Gasteiger partial charge is 0.396 e. The summed E-state index contributed by atoms with van der Waals surface area (Å²) in [5.74, 6) is -1.29. The molecule has 1 rings (SSSR count). The minimum absolute atomic E-state index is 0.00767. The van der Waals surface area contributed by atoms with E-state index in [1.54, 1.807) is 0 Å². The van der Waals surface area contributed by atoms with Crippen LogP contribution in [0.3, 0.4) is 0 Å². The molecule has 1 amide bonds. The van der Waals surface area contributed by atoms with Gasteiger partial charge in [-0.3, -0.25) is 4.79 Å². The van der Waals surface area contributed by atoms with Gasteiger partial charge in [-0.25, -0.2) is 12.8 Å². The van der Waals surface area contributed by atoms with Crippen molar-refractivity contribution in [3.63, 3.8) is 0 Å². The van der Waals surface area contributed by atoms with Gasteiger partial charge in [0.05, 0.1) is 11.4 Å². The number of nitrogens with one attached hydrogen (secondary N) is 1. The topological polar surface area (TPSA) is 89.3 Å². The quantitative estimate of drug-likeness (QED) is 0.787. The van der Waals surface area contributed by atoms with Gasteiger partial charge in [-0.2, -0.15) is 0 Å². The molecule has 0 saturated heterocycles. The molecule has 0 aliphatic carbocycles. The summed E-state index contributed by atoms with van der Waals surface area (Å²) < 4.78 is 37.2. The molecule has 3 N–H and O–H groups in total. The maximum atomic E-state index is 13.0. The lowest BCUT2D eigenvalue weighted by Crippen LogP contribution is -2.35. The van der Waals surface area contributed by atoms with Gasteiger partial charge in [0.2, 0.25) is 5.91 Å². The second-order valence-electron chi connectivity index (χ2n) is 5.21. The van der Waals surface area contributed by atoms with Crippen LogP contribution in [0.25, 0.3) is 0 Å². The summed E-state index contributed by atoms with van der Waals surface area (Å²) in [6.07, 6.45) is 0.724. The number of halogens is 1. The molecule has 0 fully saturated rings. The van der Waals surface area contributed by atoms with Gasteiger partial charge >= 0.3 is 0 Å². The van der Waals surface area contributed by atoms with Gasteiger partial charge in [0.15, 0.2) is 9.84 Å². The van der Waals surface area contributed by atoms with Gasteiger partial charge in [-0.1, -0.05) is 20.3 Å². The minimum Gasteiger partial charge on any atom is -0.396 e. The summed E-state index contributed by atoms with van der Waals surface area (Å²) in [4.78, 5) is 12.0. The molecule has 0 aliphatic heterocycles. The van der Waals surface area contributed by atoms with E-state index in [-0.39, 0.29) is 23.0 Å². The molecule has 0 bridgehead atoms. The van der Waals surface area contributed by atoms with Crippen LogP contribution in [0, 0.1) is 11.7 Å². The SMILES string of the molecule is CCC(C)CS(=O)(=O)C(C)C(=O)Nc1ccc(F)c(N)c1. The Balaban J connectivity index is 2.80. The van der Waals surface area contributed by atoms with E-state index in [1.165, 1.54) is 19.1 Å². The number of carbonyl (C=O) groups excluding carboxylic acids is 1. The van der Waals surface area contributed by atoms with Crippen LogP contribution in [0.5, 0.6) is 0 Å². The minimum atomic E-state index is -3.53. The summed E-state index contributed by atoms with van der Waals surface area (Å²) in [5.41, 5.74) is 5.56. The highest BCUT2D eigenvalue weighted by atomic mass is 32.2. The third-order valence-corrected chi connectivity index (χ3v) is 5.71. The average molecular weight is 316 g/mol. The van der Waals surface area contributed by atoms with Crippen LogP contribution < -0.4 is 11.1 Å². The molecule has 1 aromatic carbocycles. The molecule has 0 saturated carbocycles. The third kappa shape index (κ3) is 4.70. The van der Waals surface area contributed by atoms with E-state index in [0.717, 1.165) is 12.5 Å². The Morgan fingerprint density at radius 3 is 2.52 bits per heavy atom. The number of benzene rings is 1. The summed E-state index contributed by atoms with van der Waals surface area (Å²) in [6, 6.07) is 3.70. The summed E-state index contributed by atoms with van der Waals surface area (Å²) >= 11 is 0. The average Bonchev–Trinajstić information content (AvgIpc) is 2.41. The number of rotatable bonds is 6. The fraction of sp³-hybridized carbons (Fsp3) is 0.500. The lowest BCUT2D eigenvalue weighted by atomic mass is 10.2. The fourth-order valence-corrected chi connectivity index (χ4v) is 3.39. The molecule has 0 radical (unpaired) electrons. The van der Waals surface area contributed by atoms with E-state index in [4.69, 9.17) is 5.73 Å². The molecule has 21 heavy (non-hydrogen) atoms. The van der Waals surface area contributed by atoms with Gasteiger partial charge in [0.25, 0.3) is 0 Å². The van der Waals surface area contributed by atoms with Crippen LogP contribution in [0.4, 0.5) is 15.8 Å². The highest BCUT2D eigenvalue weighted by molar-refractivity contribution is 7.92. The van der Waals surface area contributed by atoms with Crippen molar-refractivity contribution in [1.29, 1.82) is 0 Å². The zero-order valence-corrected chi connectivity index (χ0v) is 13.2. The number of carbonyl (C=O) groups is 1. The molecule has 0 aliphatic rings. The molecule has 5 nitrogen and oxygen atoms in total. The fourth-order valence-electron chi connectivity index (χ4n) is 1.69. The Morgan fingerprint density at radius 1 is 1.38 bits per heavy atom. The first-order valence-electron chi connectivity index (χ1n) is 6.74. The molecule has 118 valence electrons. The van der Waals surface area contributed by atoms with E-state index in [9.17, 15) is 17.6 Å². The molecule has 0 aromatic heterocycles. The van der Waals surface area contributed by atoms with Crippen molar-refractivity contribution in [2.45, 2.75) is 32.4 Å². The first kappa shape index (κ1) is 17.4. The predicted molar refractivity (Wildman–Crippen MR) is 82.1 cm³/mol. The third-order valence-electron chi connectivity index (χ3n) is 3.39. The van der Waals surface area contributed by atoms with Gasteiger partial charge in [0, 0.05) is 5.69 Å². The Hall–Kier alpha value is -1.63. The molecule has 2 unspecified atom stereocenters. The van der Waals surface area contributed by atoms with E-state index < -0.39 is 26.8 Å². The first-order valence-corrected chi connectivity index (χ1v) is 8.46. The molecule has 0 heterocycles. The Bertz CT molecular complexity index is 617. The Morgan fingerprint density at radius 2 is 2.00 bits per heavy atom. The number of hydrogen-bond acceptors (Lipinski definition) is 4. The van der Waals surface area contributed by atoms with Gasteiger partial charge in [0.1, 0.15) is 11.1 Å². The number of hydrogen-bond donors (Lipinski definition) is 2. The number of sulfone groups is 1. The number of amides is 1. The van der Waals surface area contributed by atoms with Crippen molar-refractivity contribution < 1.29 is 17.6 Å². The van der Waals surface area contributed by atoms with Crippen molar-refractivity contribution in [2.75, 3.05) is 16.8 Å². The van der Waals surface area contributed by atoms with E-state index in [2.05, 4.69) is 5.32 Å². The summed E-state index contributed by atoms with van der Waals surface area (Å²) in [5, 5.41) is 1.27. The predicted octanol–water partition coefficient (Wildman–Crippen LogP) is 2.20. The molecule has 0 spiro atoms. The molecular formula is C14H21FN2O3S. The normalized spacial score (nSPS) is 14.5. The smallest absolute Gasteiger partial charge is 0.242 e. The van der Waals surface area contributed by atoms with Crippen molar-refractivity contribution in [3.8, 4) is 0 Å². The maximum Gasteiger partial charge on any atom is 0.242 e. The molecular weight excluding hydrogens is 295 g/mol. The Labute approximate surface area is 124 Å². The molecule has 1 aromatic rings. The van der Waals surface area contributed by atoms with Crippen LogP contribution in [-0.4, -0.2) is 25.3 Å². The number of nitrogen functional groups attached to an aromatic ring is 1. The van der Waals surface area contributed by atoms with Crippen LogP contribution >= 0.6 is 0 Å². The molecule has 2 atom stereocenters. The highest BCUT2D eigenvalue weighted by Crippen LogP contribution is 2.18. The second kappa shape index (κ2) is 6.89.